The topological polar surface area (TPSA) is 55.1 Å². The Kier molecular flexibility index (Phi) is 6.83. The lowest BCUT2D eigenvalue weighted by Crippen LogP contribution is -2.27. The van der Waals surface area contributed by atoms with Gasteiger partial charge in [-0.25, -0.2) is 0 Å². The Hall–Kier alpha value is -0.580. The monoisotopic (exact) mass is 302 g/mol. The zero-order valence-electron chi connectivity index (χ0n) is 11.7. The molecule has 1 amide bonds. The first-order valence-electron chi connectivity index (χ1n) is 6.64. The number of thiophene rings is 1. The van der Waals surface area contributed by atoms with Crippen LogP contribution in [0.1, 0.15) is 38.0 Å². The van der Waals surface area contributed by atoms with Crippen LogP contribution >= 0.6 is 22.9 Å². The quantitative estimate of drug-likeness (QED) is 0.774. The van der Waals surface area contributed by atoms with Gasteiger partial charge in [0, 0.05) is 17.8 Å². The second-order valence-electron chi connectivity index (χ2n) is 5.51. The third kappa shape index (κ3) is 6.95. The lowest BCUT2D eigenvalue weighted by Gasteiger charge is -2.23. The molecule has 0 spiro atoms. The predicted octanol–water partition coefficient (Wildman–Crippen LogP) is 3.22. The maximum atomic E-state index is 11.7. The minimum Gasteiger partial charge on any atom is -0.356 e. The number of nitrogens with two attached hydrogens (primary N) is 1. The molecule has 1 aromatic heterocycles. The fourth-order valence-electron chi connectivity index (χ4n) is 1.87. The van der Waals surface area contributed by atoms with E-state index in [1.54, 1.807) is 11.3 Å². The molecular weight excluding hydrogens is 280 g/mol. The molecule has 0 aliphatic rings. The molecule has 0 atom stereocenters. The summed E-state index contributed by atoms with van der Waals surface area (Å²) >= 11 is 7.42. The van der Waals surface area contributed by atoms with Gasteiger partial charge in [-0.15, -0.1) is 11.3 Å². The Morgan fingerprint density at radius 1 is 1.42 bits per heavy atom. The van der Waals surface area contributed by atoms with E-state index < -0.39 is 0 Å². The summed E-state index contributed by atoms with van der Waals surface area (Å²) in [5, 5.41) is 2.95. The summed E-state index contributed by atoms with van der Waals surface area (Å²) in [7, 11) is 0. The van der Waals surface area contributed by atoms with E-state index in [1.807, 2.05) is 12.1 Å². The molecule has 108 valence electrons. The van der Waals surface area contributed by atoms with Crippen LogP contribution in [-0.2, 0) is 11.2 Å². The zero-order valence-corrected chi connectivity index (χ0v) is 13.2. The maximum absolute atomic E-state index is 11.7. The van der Waals surface area contributed by atoms with E-state index in [2.05, 4.69) is 19.2 Å². The third-order valence-corrected chi connectivity index (χ3v) is 4.46. The smallest absolute Gasteiger partial charge is 0.220 e. The van der Waals surface area contributed by atoms with Crippen molar-refractivity contribution in [1.29, 1.82) is 0 Å². The fraction of sp³-hybridized carbons (Fsp3) is 0.643. The zero-order chi connectivity index (χ0) is 14.3. The number of halogens is 1. The third-order valence-electron chi connectivity index (χ3n) is 3.17. The van der Waals surface area contributed by atoms with E-state index >= 15 is 0 Å². The molecule has 3 N–H and O–H groups in total. The Balaban J connectivity index is 2.18. The van der Waals surface area contributed by atoms with Crippen molar-refractivity contribution in [1.82, 2.24) is 5.32 Å². The maximum Gasteiger partial charge on any atom is 0.220 e. The fourth-order valence-corrected chi connectivity index (χ4v) is 2.95. The summed E-state index contributed by atoms with van der Waals surface area (Å²) in [5.74, 6) is 0.118. The Morgan fingerprint density at radius 2 is 2.16 bits per heavy atom. The second kappa shape index (κ2) is 7.88. The van der Waals surface area contributed by atoms with Gasteiger partial charge in [0.2, 0.25) is 5.91 Å². The van der Waals surface area contributed by atoms with E-state index in [4.69, 9.17) is 17.3 Å². The summed E-state index contributed by atoms with van der Waals surface area (Å²) in [6.45, 7) is 5.66. The number of hydrogen-bond donors (Lipinski definition) is 2. The summed E-state index contributed by atoms with van der Waals surface area (Å²) < 4.78 is 0.796. The van der Waals surface area contributed by atoms with Crippen molar-refractivity contribution in [3.05, 3.63) is 21.3 Å². The van der Waals surface area contributed by atoms with Gasteiger partial charge in [0.05, 0.1) is 4.34 Å². The molecule has 3 nitrogen and oxygen atoms in total. The van der Waals surface area contributed by atoms with Crippen LogP contribution in [0.5, 0.6) is 0 Å². The van der Waals surface area contributed by atoms with Gasteiger partial charge in [0.25, 0.3) is 0 Å². The van der Waals surface area contributed by atoms with Gasteiger partial charge < -0.3 is 11.1 Å². The number of nitrogens with one attached hydrogen (secondary N) is 1. The largest absolute Gasteiger partial charge is 0.356 e. The lowest BCUT2D eigenvalue weighted by molar-refractivity contribution is -0.121. The van der Waals surface area contributed by atoms with Gasteiger partial charge >= 0.3 is 0 Å². The highest BCUT2D eigenvalue weighted by atomic mass is 35.5. The van der Waals surface area contributed by atoms with E-state index in [0.29, 0.717) is 19.5 Å². The molecule has 0 radical (unpaired) electrons. The van der Waals surface area contributed by atoms with Crippen LogP contribution in [0, 0.1) is 5.41 Å². The number of rotatable bonds is 8. The van der Waals surface area contributed by atoms with Crippen LogP contribution in [0.2, 0.25) is 4.34 Å². The molecule has 1 aromatic rings. The molecular formula is C14H23ClN2OS. The highest BCUT2D eigenvalue weighted by Gasteiger charge is 2.18. The lowest BCUT2D eigenvalue weighted by atomic mass is 9.84. The van der Waals surface area contributed by atoms with Crippen molar-refractivity contribution < 1.29 is 4.79 Å². The van der Waals surface area contributed by atoms with Crippen LogP contribution in [0.25, 0.3) is 0 Å². The van der Waals surface area contributed by atoms with E-state index in [9.17, 15) is 4.79 Å². The molecule has 0 bridgehead atoms. The van der Waals surface area contributed by atoms with Crippen molar-refractivity contribution in [3.8, 4) is 0 Å². The summed E-state index contributed by atoms with van der Waals surface area (Å²) in [6.07, 6.45) is 3.24. The summed E-state index contributed by atoms with van der Waals surface area (Å²) in [4.78, 5) is 12.9. The number of amides is 1. The van der Waals surface area contributed by atoms with Crippen LogP contribution < -0.4 is 11.1 Å². The average molecular weight is 303 g/mol. The molecule has 19 heavy (non-hydrogen) atoms. The van der Waals surface area contributed by atoms with Crippen molar-refractivity contribution in [2.75, 3.05) is 13.1 Å². The molecule has 1 rings (SSSR count). The highest BCUT2D eigenvalue weighted by molar-refractivity contribution is 7.16. The first-order chi connectivity index (χ1) is 8.93. The molecule has 0 aromatic carbocycles. The van der Waals surface area contributed by atoms with Crippen molar-refractivity contribution in [2.45, 2.75) is 39.5 Å². The van der Waals surface area contributed by atoms with Gasteiger partial charge in [-0.3, -0.25) is 4.79 Å². The molecule has 5 heteroatoms. The number of carbonyl (C=O) groups is 1. The van der Waals surface area contributed by atoms with Gasteiger partial charge in [-0.1, -0.05) is 25.4 Å². The molecule has 0 saturated heterocycles. The minimum atomic E-state index is 0.118. The van der Waals surface area contributed by atoms with Gasteiger partial charge in [-0.05, 0) is 43.4 Å². The van der Waals surface area contributed by atoms with Gasteiger partial charge in [0.15, 0.2) is 0 Å². The van der Waals surface area contributed by atoms with Crippen LogP contribution in [0.3, 0.4) is 0 Å². The van der Waals surface area contributed by atoms with E-state index in [0.717, 1.165) is 23.6 Å². The molecule has 1 heterocycles. The predicted molar refractivity (Wildman–Crippen MR) is 82.7 cm³/mol. The first kappa shape index (κ1) is 16.5. The molecule has 0 unspecified atom stereocenters. The Morgan fingerprint density at radius 3 is 2.74 bits per heavy atom. The van der Waals surface area contributed by atoms with Gasteiger partial charge in [-0.2, -0.15) is 0 Å². The normalized spacial score (nSPS) is 11.6. The number of hydrogen-bond acceptors (Lipinski definition) is 3. The molecule has 0 fully saturated rings. The summed E-state index contributed by atoms with van der Waals surface area (Å²) in [6, 6.07) is 3.89. The minimum absolute atomic E-state index is 0.118. The Bertz CT molecular complexity index is 404. The van der Waals surface area contributed by atoms with Gasteiger partial charge in [0.1, 0.15) is 0 Å². The Labute approximate surface area is 124 Å². The van der Waals surface area contributed by atoms with Crippen LogP contribution in [0.15, 0.2) is 12.1 Å². The van der Waals surface area contributed by atoms with Crippen LogP contribution in [0.4, 0.5) is 0 Å². The standard InChI is InChI=1S/C14H23ClN2OS/c1-14(2,8-9-16)7-5-13(18)17-10-6-11-3-4-12(15)19-11/h3-4H,5-10,16H2,1-2H3,(H,17,18). The molecule has 0 aliphatic carbocycles. The first-order valence-corrected chi connectivity index (χ1v) is 7.83. The SMILES string of the molecule is CC(C)(CCN)CCC(=O)NCCc1ccc(Cl)s1. The summed E-state index contributed by atoms with van der Waals surface area (Å²) in [5.41, 5.74) is 5.70. The van der Waals surface area contributed by atoms with Crippen molar-refractivity contribution in [2.24, 2.45) is 11.1 Å². The molecule has 0 saturated carbocycles. The van der Waals surface area contributed by atoms with Crippen molar-refractivity contribution in [3.63, 3.8) is 0 Å². The average Bonchev–Trinajstić information content (AvgIpc) is 2.73. The highest BCUT2D eigenvalue weighted by Crippen LogP contribution is 2.25. The molecule has 0 aliphatic heterocycles. The van der Waals surface area contributed by atoms with E-state index in [1.165, 1.54) is 4.88 Å². The number of carbonyl (C=O) groups excluding carboxylic acids is 1. The van der Waals surface area contributed by atoms with Crippen LogP contribution in [-0.4, -0.2) is 19.0 Å². The van der Waals surface area contributed by atoms with E-state index in [-0.39, 0.29) is 11.3 Å². The second-order valence-corrected chi connectivity index (χ2v) is 7.31. The van der Waals surface area contributed by atoms with Crippen molar-refractivity contribution >= 4 is 28.8 Å².